The Kier molecular flexibility index (Phi) is 1.30. The van der Waals surface area contributed by atoms with Crippen LogP contribution in [0.2, 0.25) is 0 Å². The fourth-order valence-corrected chi connectivity index (χ4v) is 6.33. The largest absolute Gasteiger partial charge is 0.0845 e. The second kappa shape index (κ2) is 2.21. The second-order valence-corrected chi connectivity index (χ2v) is 7.49. The molecule has 0 saturated heterocycles. The molecule has 4 aliphatic carbocycles. The lowest BCUT2D eigenvalue weighted by atomic mass is 9.61. The van der Waals surface area contributed by atoms with Crippen LogP contribution in [-0.4, -0.2) is 0 Å². The number of hydrogen-bond donors (Lipinski definition) is 0. The lowest BCUT2D eigenvalue weighted by Gasteiger charge is -2.43. The van der Waals surface area contributed by atoms with Crippen molar-refractivity contribution in [2.75, 3.05) is 0 Å². The minimum atomic E-state index is 0.590. The van der Waals surface area contributed by atoms with Crippen molar-refractivity contribution >= 4 is 0 Å². The molecule has 0 heterocycles. The summed E-state index contributed by atoms with van der Waals surface area (Å²) in [4.78, 5) is 0. The van der Waals surface area contributed by atoms with Gasteiger partial charge < -0.3 is 0 Å². The Labute approximate surface area is 93.1 Å². The Morgan fingerprint density at radius 3 is 2.67 bits per heavy atom. The molecule has 4 aliphatic rings. The molecule has 0 radical (unpaired) electrons. The summed E-state index contributed by atoms with van der Waals surface area (Å²) in [7, 11) is 0. The van der Waals surface area contributed by atoms with Crippen molar-refractivity contribution in [2.45, 2.75) is 40.0 Å². The third kappa shape index (κ3) is 0.797. The maximum absolute atomic E-state index is 2.59. The predicted molar refractivity (Wildman–Crippen MR) is 62.3 cm³/mol. The molecule has 0 aromatic rings. The van der Waals surface area contributed by atoms with Gasteiger partial charge in [-0.2, -0.15) is 0 Å². The molecule has 7 atom stereocenters. The van der Waals surface area contributed by atoms with Crippen LogP contribution in [0.25, 0.3) is 0 Å². The van der Waals surface area contributed by atoms with Crippen LogP contribution in [0.3, 0.4) is 0 Å². The molecule has 7 unspecified atom stereocenters. The van der Waals surface area contributed by atoms with Gasteiger partial charge in [-0.05, 0) is 59.7 Å². The van der Waals surface area contributed by atoms with Crippen molar-refractivity contribution in [2.24, 2.45) is 40.4 Å². The fraction of sp³-hybridized carbons (Fsp3) is 0.867. The van der Waals surface area contributed by atoms with E-state index in [1.54, 1.807) is 0 Å². The molecule has 0 N–H and O–H groups in total. The van der Waals surface area contributed by atoms with Gasteiger partial charge in [0.25, 0.3) is 0 Å². The summed E-state index contributed by atoms with van der Waals surface area (Å²) in [5.74, 6) is 5.10. The van der Waals surface area contributed by atoms with Gasteiger partial charge in [0.15, 0.2) is 0 Å². The highest BCUT2D eigenvalue weighted by Crippen LogP contribution is 2.75. The van der Waals surface area contributed by atoms with Crippen molar-refractivity contribution in [3.05, 3.63) is 12.2 Å². The third-order valence-electron chi connectivity index (χ3n) is 6.50. The van der Waals surface area contributed by atoms with Crippen molar-refractivity contribution in [3.63, 3.8) is 0 Å². The van der Waals surface area contributed by atoms with Crippen LogP contribution in [-0.2, 0) is 0 Å². The SMILES string of the molecule is CC1CC2(C)CC1C1C2C2C=CC1(C)C2. The van der Waals surface area contributed by atoms with E-state index in [4.69, 9.17) is 0 Å². The normalized spacial score (nSPS) is 69.1. The van der Waals surface area contributed by atoms with Gasteiger partial charge >= 0.3 is 0 Å². The molecule has 0 aromatic carbocycles. The molecule has 4 rings (SSSR count). The zero-order valence-electron chi connectivity index (χ0n) is 10.2. The van der Waals surface area contributed by atoms with E-state index in [0.29, 0.717) is 10.8 Å². The average Bonchev–Trinajstić information content (AvgIpc) is 2.78. The number of allylic oxidation sites excluding steroid dienone is 2. The Morgan fingerprint density at radius 1 is 1.07 bits per heavy atom. The highest BCUT2D eigenvalue weighted by Gasteiger charge is 2.68. The van der Waals surface area contributed by atoms with Gasteiger partial charge in [-0.15, -0.1) is 0 Å². The number of hydrogen-bond acceptors (Lipinski definition) is 0. The van der Waals surface area contributed by atoms with E-state index in [1.165, 1.54) is 19.3 Å². The predicted octanol–water partition coefficient (Wildman–Crippen LogP) is 3.88. The minimum Gasteiger partial charge on any atom is -0.0845 e. The van der Waals surface area contributed by atoms with E-state index in [0.717, 1.165) is 29.6 Å². The van der Waals surface area contributed by atoms with Gasteiger partial charge in [0.1, 0.15) is 0 Å². The standard InChI is InChI=1S/C15H22/c1-9-6-15(3)8-11(9)13-12(15)10-4-5-14(13,2)7-10/h4-5,9-13H,6-8H2,1-3H3. The summed E-state index contributed by atoms with van der Waals surface area (Å²) in [5, 5.41) is 0. The zero-order valence-corrected chi connectivity index (χ0v) is 10.2. The molecular weight excluding hydrogens is 180 g/mol. The van der Waals surface area contributed by atoms with E-state index in [-0.39, 0.29) is 0 Å². The molecule has 15 heavy (non-hydrogen) atoms. The van der Waals surface area contributed by atoms with Crippen LogP contribution in [0.15, 0.2) is 12.2 Å². The van der Waals surface area contributed by atoms with Gasteiger partial charge in [0.2, 0.25) is 0 Å². The lowest BCUT2D eigenvalue weighted by Crippen LogP contribution is -2.37. The summed E-state index contributed by atoms with van der Waals surface area (Å²) in [6.45, 7) is 7.63. The first-order chi connectivity index (χ1) is 7.04. The maximum Gasteiger partial charge on any atom is -0.0107 e. The molecule has 3 saturated carbocycles. The fourth-order valence-electron chi connectivity index (χ4n) is 6.33. The van der Waals surface area contributed by atoms with Crippen LogP contribution in [0.1, 0.15) is 40.0 Å². The Hall–Kier alpha value is -0.260. The van der Waals surface area contributed by atoms with Crippen LogP contribution in [0, 0.1) is 40.4 Å². The summed E-state index contributed by atoms with van der Waals surface area (Å²) in [6.07, 6.45) is 9.64. The Morgan fingerprint density at radius 2 is 1.87 bits per heavy atom. The zero-order chi connectivity index (χ0) is 10.4. The van der Waals surface area contributed by atoms with E-state index in [1.807, 2.05) is 0 Å². The Balaban J connectivity index is 1.86. The van der Waals surface area contributed by atoms with E-state index in [2.05, 4.69) is 32.9 Å². The van der Waals surface area contributed by atoms with Crippen LogP contribution in [0.5, 0.6) is 0 Å². The first-order valence-corrected chi connectivity index (χ1v) is 6.73. The quantitative estimate of drug-likeness (QED) is 0.413. The summed E-state index contributed by atoms with van der Waals surface area (Å²) < 4.78 is 0. The van der Waals surface area contributed by atoms with Crippen molar-refractivity contribution < 1.29 is 0 Å². The highest BCUT2D eigenvalue weighted by molar-refractivity contribution is 5.27. The van der Waals surface area contributed by atoms with Crippen molar-refractivity contribution in [1.29, 1.82) is 0 Å². The van der Waals surface area contributed by atoms with Gasteiger partial charge in [-0.3, -0.25) is 0 Å². The molecule has 0 nitrogen and oxygen atoms in total. The molecule has 0 aliphatic heterocycles. The molecule has 82 valence electrons. The van der Waals surface area contributed by atoms with Crippen molar-refractivity contribution in [3.8, 4) is 0 Å². The van der Waals surface area contributed by atoms with Crippen LogP contribution < -0.4 is 0 Å². The molecule has 0 spiro atoms. The molecule has 0 aromatic heterocycles. The molecule has 0 heteroatoms. The van der Waals surface area contributed by atoms with Crippen LogP contribution in [0.4, 0.5) is 0 Å². The van der Waals surface area contributed by atoms with Gasteiger partial charge in [0.05, 0.1) is 0 Å². The smallest absolute Gasteiger partial charge is 0.0107 e. The van der Waals surface area contributed by atoms with Crippen LogP contribution >= 0.6 is 0 Å². The second-order valence-electron chi connectivity index (χ2n) is 7.49. The summed E-state index contributed by atoms with van der Waals surface area (Å²) in [5.41, 5.74) is 1.30. The molecular formula is C15H22. The Bertz CT molecular complexity index is 355. The summed E-state index contributed by atoms with van der Waals surface area (Å²) >= 11 is 0. The van der Waals surface area contributed by atoms with E-state index >= 15 is 0 Å². The maximum atomic E-state index is 2.59. The number of rotatable bonds is 0. The average molecular weight is 202 g/mol. The summed E-state index contributed by atoms with van der Waals surface area (Å²) in [6, 6.07) is 0. The first-order valence-electron chi connectivity index (χ1n) is 6.73. The van der Waals surface area contributed by atoms with Gasteiger partial charge in [-0.1, -0.05) is 32.9 Å². The molecule has 3 fully saturated rings. The van der Waals surface area contributed by atoms with E-state index < -0.39 is 0 Å². The monoisotopic (exact) mass is 202 g/mol. The minimum absolute atomic E-state index is 0.590. The molecule has 4 bridgehead atoms. The highest BCUT2D eigenvalue weighted by atomic mass is 14.7. The van der Waals surface area contributed by atoms with Crippen molar-refractivity contribution in [1.82, 2.24) is 0 Å². The van der Waals surface area contributed by atoms with E-state index in [9.17, 15) is 0 Å². The van der Waals surface area contributed by atoms with Gasteiger partial charge in [0, 0.05) is 0 Å². The first kappa shape index (κ1) is 8.84. The lowest BCUT2D eigenvalue weighted by molar-refractivity contribution is 0.0773. The number of fused-ring (bicyclic) bond motifs is 9. The van der Waals surface area contributed by atoms with Gasteiger partial charge in [-0.25, -0.2) is 0 Å². The topological polar surface area (TPSA) is 0 Å². The molecule has 0 amide bonds. The third-order valence-corrected chi connectivity index (χ3v) is 6.50.